The van der Waals surface area contributed by atoms with Crippen molar-refractivity contribution in [3.63, 3.8) is 0 Å². The molecule has 1 saturated heterocycles. The van der Waals surface area contributed by atoms with Gasteiger partial charge in [-0.2, -0.15) is 0 Å². The van der Waals surface area contributed by atoms with Crippen molar-refractivity contribution in [3.05, 3.63) is 0 Å². The summed E-state index contributed by atoms with van der Waals surface area (Å²) in [4.78, 5) is 25.8. The molecule has 2 saturated carbocycles. The van der Waals surface area contributed by atoms with Crippen LogP contribution in [0.1, 0.15) is 25.7 Å². The number of hydrogen-bond acceptors (Lipinski definition) is 3. The third kappa shape index (κ3) is 2.59. The molecular formula is C12H18N2O2S. The van der Waals surface area contributed by atoms with Crippen molar-refractivity contribution < 1.29 is 9.59 Å². The van der Waals surface area contributed by atoms with Gasteiger partial charge in [0, 0.05) is 18.2 Å². The van der Waals surface area contributed by atoms with E-state index in [9.17, 15) is 9.59 Å². The van der Waals surface area contributed by atoms with Gasteiger partial charge in [0.15, 0.2) is 0 Å². The molecule has 3 rings (SSSR count). The molecule has 1 aliphatic heterocycles. The first-order valence-electron chi connectivity index (χ1n) is 6.41. The Morgan fingerprint density at radius 1 is 1.24 bits per heavy atom. The average Bonchev–Trinajstić information content (AvgIpc) is 3.22. The van der Waals surface area contributed by atoms with Gasteiger partial charge in [-0.05, 0) is 31.6 Å². The maximum atomic E-state index is 12.0. The van der Waals surface area contributed by atoms with Crippen LogP contribution >= 0.6 is 11.8 Å². The zero-order valence-electron chi connectivity index (χ0n) is 9.85. The molecule has 94 valence electrons. The molecule has 0 aromatic rings. The Bertz CT molecular complexity index is 339. The van der Waals surface area contributed by atoms with Crippen LogP contribution in [-0.4, -0.2) is 40.9 Å². The normalized spacial score (nSPS) is 28.2. The van der Waals surface area contributed by atoms with E-state index in [1.807, 2.05) is 0 Å². The Morgan fingerprint density at radius 2 is 2.00 bits per heavy atom. The molecule has 3 aliphatic rings. The van der Waals surface area contributed by atoms with Gasteiger partial charge in [0.05, 0.1) is 5.88 Å². The molecule has 0 aromatic heterocycles. The second kappa shape index (κ2) is 4.52. The van der Waals surface area contributed by atoms with E-state index in [1.54, 1.807) is 16.7 Å². The Hall–Kier alpha value is -0.710. The van der Waals surface area contributed by atoms with Gasteiger partial charge in [-0.15, -0.1) is 11.8 Å². The maximum absolute atomic E-state index is 12.0. The Morgan fingerprint density at radius 3 is 2.65 bits per heavy atom. The van der Waals surface area contributed by atoms with E-state index >= 15 is 0 Å². The highest BCUT2D eigenvalue weighted by Crippen LogP contribution is 2.34. The third-order valence-corrected chi connectivity index (χ3v) is 4.67. The zero-order chi connectivity index (χ0) is 11.8. The monoisotopic (exact) mass is 254 g/mol. The van der Waals surface area contributed by atoms with E-state index in [0.717, 1.165) is 25.1 Å². The first kappa shape index (κ1) is 11.4. The van der Waals surface area contributed by atoms with Crippen LogP contribution in [0.15, 0.2) is 0 Å². The molecule has 0 bridgehead atoms. The number of carbonyl (C=O) groups excluding carboxylic acids is 2. The summed E-state index contributed by atoms with van der Waals surface area (Å²) in [5.74, 6) is 2.61. The number of amides is 2. The van der Waals surface area contributed by atoms with Crippen molar-refractivity contribution in [3.8, 4) is 0 Å². The fraction of sp³-hybridized carbons (Fsp3) is 0.833. The van der Waals surface area contributed by atoms with Crippen molar-refractivity contribution >= 4 is 23.6 Å². The topological polar surface area (TPSA) is 49.4 Å². The SMILES string of the molecule is O=C(NCC1CC1)C1CSCN1C(=O)C1CC1. The molecule has 2 aliphatic carbocycles. The quantitative estimate of drug-likeness (QED) is 0.808. The molecule has 3 fully saturated rings. The van der Waals surface area contributed by atoms with Crippen LogP contribution in [0.4, 0.5) is 0 Å². The molecule has 0 aromatic carbocycles. The molecule has 1 unspecified atom stereocenters. The summed E-state index contributed by atoms with van der Waals surface area (Å²) in [5, 5.41) is 2.98. The second-order valence-electron chi connectivity index (χ2n) is 5.29. The van der Waals surface area contributed by atoms with E-state index in [4.69, 9.17) is 0 Å². The van der Waals surface area contributed by atoms with Gasteiger partial charge in [0.1, 0.15) is 6.04 Å². The summed E-state index contributed by atoms with van der Waals surface area (Å²) in [7, 11) is 0. The minimum Gasteiger partial charge on any atom is -0.354 e. The molecule has 0 spiro atoms. The molecule has 2 amide bonds. The molecule has 5 heteroatoms. The highest BCUT2D eigenvalue weighted by atomic mass is 32.2. The third-order valence-electron chi connectivity index (χ3n) is 3.66. The summed E-state index contributed by atoms with van der Waals surface area (Å²) >= 11 is 1.69. The summed E-state index contributed by atoms with van der Waals surface area (Å²) < 4.78 is 0. The van der Waals surface area contributed by atoms with E-state index in [0.29, 0.717) is 11.8 Å². The lowest BCUT2D eigenvalue weighted by atomic mass is 10.2. The number of nitrogens with one attached hydrogen (secondary N) is 1. The first-order valence-corrected chi connectivity index (χ1v) is 7.57. The summed E-state index contributed by atoms with van der Waals surface area (Å²) in [6.45, 7) is 0.797. The van der Waals surface area contributed by atoms with Crippen LogP contribution in [-0.2, 0) is 9.59 Å². The summed E-state index contributed by atoms with van der Waals surface area (Å²) in [6, 6.07) is -0.216. The number of carbonyl (C=O) groups is 2. The minimum absolute atomic E-state index is 0.0518. The van der Waals surface area contributed by atoms with Crippen molar-refractivity contribution in [1.29, 1.82) is 0 Å². The highest BCUT2D eigenvalue weighted by Gasteiger charge is 2.41. The van der Waals surface area contributed by atoms with E-state index in [1.165, 1.54) is 12.8 Å². The predicted molar refractivity (Wildman–Crippen MR) is 66.4 cm³/mol. The molecule has 4 nitrogen and oxygen atoms in total. The van der Waals surface area contributed by atoms with Gasteiger partial charge < -0.3 is 10.2 Å². The average molecular weight is 254 g/mol. The lowest BCUT2D eigenvalue weighted by molar-refractivity contribution is -0.139. The molecule has 1 heterocycles. The van der Waals surface area contributed by atoms with Crippen molar-refractivity contribution in [1.82, 2.24) is 10.2 Å². The Labute approximate surface area is 105 Å². The van der Waals surface area contributed by atoms with Crippen LogP contribution in [0.2, 0.25) is 0 Å². The van der Waals surface area contributed by atoms with E-state index in [2.05, 4.69) is 5.32 Å². The summed E-state index contributed by atoms with van der Waals surface area (Å²) in [5.41, 5.74) is 0. The zero-order valence-corrected chi connectivity index (χ0v) is 10.7. The van der Waals surface area contributed by atoms with Gasteiger partial charge >= 0.3 is 0 Å². The molecular weight excluding hydrogens is 236 g/mol. The predicted octanol–water partition coefficient (Wildman–Crippen LogP) is 0.824. The summed E-state index contributed by atoms with van der Waals surface area (Å²) in [6.07, 6.45) is 4.50. The Kier molecular flexibility index (Phi) is 3.03. The van der Waals surface area contributed by atoms with Crippen LogP contribution in [0.3, 0.4) is 0 Å². The second-order valence-corrected chi connectivity index (χ2v) is 6.29. The van der Waals surface area contributed by atoms with Crippen LogP contribution in [0, 0.1) is 11.8 Å². The van der Waals surface area contributed by atoms with Crippen LogP contribution < -0.4 is 5.32 Å². The lowest BCUT2D eigenvalue weighted by Gasteiger charge is -2.23. The molecule has 0 radical (unpaired) electrons. The van der Waals surface area contributed by atoms with Crippen LogP contribution in [0.5, 0.6) is 0 Å². The van der Waals surface area contributed by atoms with Gasteiger partial charge in [-0.1, -0.05) is 0 Å². The molecule has 17 heavy (non-hydrogen) atoms. The smallest absolute Gasteiger partial charge is 0.243 e. The van der Waals surface area contributed by atoms with Crippen LogP contribution in [0.25, 0.3) is 0 Å². The van der Waals surface area contributed by atoms with Gasteiger partial charge in [0.25, 0.3) is 0 Å². The molecule has 1 N–H and O–H groups in total. The number of hydrogen-bond donors (Lipinski definition) is 1. The van der Waals surface area contributed by atoms with Crippen molar-refractivity contribution in [2.24, 2.45) is 11.8 Å². The number of rotatable bonds is 4. The van der Waals surface area contributed by atoms with Gasteiger partial charge in [-0.25, -0.2) is 0 Å². The first-order chi connectivity index (χ1) is 8.25. The Balaban J connectivity index is 1.55. The van der Waals surface area contributed by atoms with E-state index < -0.39 is 0 Å². The van der Waals surface area contributed by atoms with Crippen molar-refractivity contribution in [2.45, 2.75) is 31.7 Å². The standard InChI is InChI=1S/C12H18N2O2S/c15-11(13-5-8-1-2-8)10-6-17-7-14(10)12(16)9-3-4-9/h8-10H,1-7H2,(H,13,15). The van der Waals surface area contributed by atoms with Gasteiger partial charge in [-0.3, -0.25) is 9.59 Å². The molecule has 1 atom stereocenters. The minimum atomic E-state index is -0.216. The lowest BCUT2D eigenvalue weighted by Crippen LogP contribution is -2.48. The van der Waals surface area contributed by atoms with Crippen molar-refractivity contribution in [2.75, 3.05) is 18.2 Å². The van der Waals surface area contributed by atoms with Gasteiger partial charge in [0.2, 0.25) is 11.8 Å². The number of thioether (sulfide) groups is 1. The fourth-order valence-electron chi connectivity index (χ4n) is 2.13. The highest BCUT2D eigenvalue weighted by molar-refractivity contribution is 7.99. The maximum Gasteiger partial charge on any atom is 0.243 e. The number of nitrogens with zero attached hydrogens (tertiary/aromatic N) is 1. The fourth-order valence-corrected chi connectivity index (χ4v) is 3.29. The van der Waals surface area contributed by atoms with E-state index in [-0.39, 0.29) is 23.8 Å². The largest absolute Gasteiger partial charge is 0.354 e.